The lowest BCUT2D eigenvalue weighted by molar-refractivity contribution is 0.414. The van der Waals surface area contributed by atoms with Crippen molar-refractivity contribution >= 4 is 23.8 Å². The van der Waals surface area contributed by atoms with Crippen LogP contribution >= 0.6 is 12.4 Å². The first-order chi connectivity index (χ1) is 15.9. The summed E-state index contributed by atoms with van der Waals surface area (Å²) in [5.74, 6) is -0.188. The number of benzene rings is 3. The third-order valence-corrected chi connectivity index (χ3v) is 5.63. The van der Waals surface area contributed by atoms with E-state index in [4.69, 9.17) is 4.74 Å². The fourth-order valence-electron chi connectivity index (χ4n) is 3.78. The molecule has 34 heavy (non-hydrogen) atoms. The maximum absolute atomic E-state index is 13.8. The predicted octanol–water partition coefficient (Wildman–Crippen LogP) is 4.74. The molecule has 4 aromatic carbocycles. The Kier molecular flexibility index (Phi) is 7.71. The lowest BCUT2D eigenvalue weighted by Crippen LogP contribution is -2.33. The molecule has 0 saturated heterocycles. The van der Waals surface area contributed by atoms with Crippen LogP contribution in [0, 0.1) is 5.82 Å². The second-order valence-electron chi connectivity index (χ2n) is 7.74. The summed E-state index contributed by atoms with van der Waals surface area (Å²) in [6.45, 7) is 1.93. The number of halogens is 2. The minimum absolute atomic E-state index is 0. The molecule has 176 valence electrons. The van der Waals surface area contributed by atoms with E-state index in [0.29, 0.717) is 11.4 Å². The monoisotopic (exact) mass is 482 g/mol. The number of rotatable bonds is 8. The number of methoxy groups -OCH3 is 1. The van der Waals surface area contributed by atoms with E-state index in [0.717, 1.165) is 16.7 Å². The fourth-order valence-corrected chi connectivity index (χ4v) is 3.78. The van der Waals surface area contributed by atoms with Crippen molar-refractivity contribution in [2.45, 2.75) is 19.0 Å². The molecule has 0 bridgehead atoms. The summed E-state index contributed by atoms with van der Waals surface area (Å²) in [5.41, 5.74) is 1.22. The summed E-state index contributed by atoms with van der Waals surface area (Å²) in [6, 6.07) is 20.6. The Bertz CT molecular complexity index is 1350. The molecule has 0 heterocycles. The van der Waals surface area contributed by atoms with Gasteiger partial charge in [0.05, 0.1) is 13.2 Å². The maximum atomic E-state index is 13.8. The molecule has 4 rings (SSSR count). The molecular weight excluding hydrogens is 459 g/mol. The summed E-state index contributed by atoms with van der Waals surface area (Å²) in [7, 11) is 1.59. The van der Waals surface area contributed by atoms with Crippen molar-refractivity contribution < 1.29 is 14.2 Å². The molecule has 6 nitrogen and oxygen atoms in total. The highest BCUT2D eigenvalue weighted by Crippen LogP contribution is 2.34. The Morgan fingerprint density at radius 2 is 1.62 bits per heavy atom. The van der Waals surface area contributed by atoms with E-state index < -0.39 is 16.6 Å². The van der Waals surface area contributed by atoms with E-state index in [2.05, 4.69) is 10.6 Å². The first kappa shape index (κ1) is 25.0. The van der Waals surface area contributed by atoms with Crippen LogP contribution in [0.2, 0.25) is 0 Å². The minimum atomic E-state index is -0.903. The second kappa shape index (κ2) is 10.5. The van der Waals surface area contributed by atoms with Gasteiger partial charge in [-0.2, -0.15) is 0 Å². The molecule has 0 saturated carbocycles. The third-order valence-electron chi connectivity index (χ3n) is 5.63. The van der Waals surface area contributed by atoms with Crippen molar-refractivity contribution in [1.29, 1.82) is 0 Å². The molecule has 0 aromatic heterocycles. The van der Waals surface area contributed by atoms with E-state index in [-0.39, 0.29) is 36.0 Å². The summed E-state index contributed by atoms with van der Waals surface area (Å²) >= 11 is 0. The Hall–Kier alpha value is -3.68. The fraction of sp³-hybridized carbons (Fsp3) is 0.154. The van der Waals surface area contributed by atoms with Crippen LogP contribution in [0.15, 0.2) is 82.4 Å². The summed E-state index contributed by atoms with van der Waals surface area (Å²) in [6.07, 6.45) is 0. The van der Waals surface area contributed by atoms with Gasteiger partial charge in [0.25, 0.3) is 10.9 Å². The van der Waals surface area contributed by atoms with E-state index in [1.165, 1.54) is 12.1 Å². The highest BCUT2D eigenvalue weighted by Gasteiger charge is 2.24. The van der Waals surface area contributed by atoms with Gasteiger partial charge in [0.1, 0.15) is 17.3 Å². The minimum Gasteiger partial charge on any atom is -0.502 e. The number of aromatic hydroxyl groups is 1. The summed E-state index contributed by atoms with van der Waals surface area (Å²) < 4.78 is 19.1. The predicted molar refractivity (Wildman–Crippen MR) is 133 cm³/mol. The molecule has 8 heteroatoms. The maximum Gasteiger partial charge on any atom is 0.271 e. The standard InChI is InChI=1S/C26H23FN2O4.ClH/c1-15(17-6-5-7-18(27)14-17)28-22(16-10-12-19(33-2)13-11-16)20-8-3-4-9-21(20)29-23-24(30)26(32)25(23)31;/h3-15,22,28-30H,1-2H3;1H/t15-,22?;/m1./s1. The van der Waals surface area contributed by atoms with Gasteiger partial charge >= 0.3 is 0 Å². The summed E-state index contributed by atoms with van der Waals surface area (Å²) in [4.78, 5) is 23.3. The van der Waals surface area contributed by atoms with Crippen molar-refractivity contribution in [2.75, 3.05) is 12.4 Å². The van der Waals surface area contributed by atoms with Gasteiger partial charge in [-0.25, -0.2) is 4.39 Å². The van der Waals surface area contributed by atoms with Crippen molar-refractivity contribution in [3.05, 3.63) is 116 Å². The third kappa shape index (κ3) is 4.95. The molecule has 2 atom stereocenters. The lowest BCUT2D eigenvalue weighted by atomic mass is 9.95. The van der Waals surface area contributed by atoms with Crippen molar-refractivity contribution in [3.8, 4) is 11.5 Å². The van der Waals surface area contributed by atoms with Crippen LogP contribution in [0.3, 0.4) is 0 Å². The van der Waals surface area contributed by atoms with Crippen LogP contribution in [0.4, 0.5) is 15.8 Å². The van der Waals surface area contributed by atoms with E-state index in [1.807, 2.05) is 49.4 Å². The van der Waals surface area contributed by atoms with E-state index in [9.17, 15) is 19.1 Å². The van der Waals surface area contributed by atoms with Crippen LogP contribution in [0.25, 0.3) is 0 Å². The Balaban J connectivity index is 0.00000324. The Morgan fingerprint density at radius 3 is 2.26 bits per heavy atom. The lowest BCUT2D eigenvalue weighted by Gasteiger charge is -2.27. The zero-order valence-electron chi connectivity index (χ0n) is 18.5. The molecule has 0 radical (unpaired) electrons. The highest BCUT2D eigenvalue weighted by atomic mass is 35.5. The SMILES string of the molecule is COc1ccc(C(N[C@H](C)c2cccc(F)c2)c2ccccc2Nc2c(O)c(=O)c2=O)cc1.Cl. The Morgan fingerprint density at radius 1 is 0.912 bits per heavy atom. The van der Waals surface area contributed by atoms with Crippen molar-refractivity contribution in [2.24, 2.45) is 0 Å². The second-order valence-corrected chi connectivity index (χ2v) is 7.74. The molecule has 0 fully saturated rings. The van der Waals surface area contributed by atoms with Crippen molar-refractivity contribution in [1.82, 2.24) is 5.32 Å². The zero-order valence-corrected chi connectivity index (χ0v) is 19.4. The molecule has 0 amide bonds. The number of hydrogen-bond acceptors (Lipinski definition) is 6. The zero-order chi connectivity index (χ0) is 23.5. The molecule has 3 N–H and O–H groups in total. The van der Waals surface area contributed by atoms with Gasteiger partial charge in [0.2, 0.25) is 0 Å². The molecular formula is C26H24ClFN2O4. The number of para-hydroxylation sites is 1. The Labute approximate surface area is 202 Å². The number of anilines is 2. The molecule has 4 aromatic rings. The van der Waals surface area contributed by atoms with Gasteiger partial charge < -0.3 is 15.2 Å². The number of hydrogen-bond donors (Lipinski definition) is 3. The largest absolute Gasteiger partial charge is 0.502 e. The van der Waals surface area contributed by atoms with Gasteiger partial charge in [-0.3, -0.25) is 14.9 Å². The van der Waals surface area contributed by atoms with Crippen LogP contribution in [-0.4, -0.2) is 12.2 Å². The van der Waals surface area contributed by atoms with Gasteiger partial charge in [0, 0.05) is 11.7 Å². The number of ether oxygens (including phenoxy) is 1. The first-order valence-electron chi connectivity index (χ1n) is 10.4. The highest BCUT2D eigenvalue weighted by molar-refractivity contribution is 5.85. The van der Waals surface area contributed by atoms with Crippen LogP contribution < -0.4 is 26.2 Å². The van der Waals surface area contributed by atoms with Gasteiger partial charge in [-0.1, -0.05) is 42.5 Å². The smallest absolute Gasteiger partial charge is 0.271 e. The van der Waals surface area contributed by atoms with E-state index >= 15 is 0 Å². The van der Waals surface area contributed by atoms with Crippen LogP contribution in [0.1, 0.15) is 35.7 Å². The molecule has 0 aliphatic heterocycles. The molecule has 0 spiro atoms. The average molecular weight is 483 g/mol. The van der Waals surface area contributed by atoms with Crippen LogP contribution in [-0.2, 0) is 0 Å². The van der Waals surface area contributed by atoms with E-state index in [1.54, 1.807) is 25.3 Å². The van der Waals surface area contributed by atoms with Crippen LogP contribution in [0.5, 0.6) is 11.5 Å². The summed E-state index contributed by atoms with van der Waals surface area (Å²) in [5, 5.41) is 16.3. The van der Waals surface area contributed by atoms with Gasteiger partial charge in [-0.05, 0) is 53.9 Å². The topological polar surface area (TPSA) is 87.7 Å². The van der Waals surface area contributed by atoms with Gasteiger partial charge in [-0.15, -0.1) is 12.4 Å². The van der Waals surface area contributed by atoms with Gasteiger partial charge in [0.15, 0.2) is 5.75 Å². The molecule has 0 aliphatic rings. The number of nitrogens with one attached hydrogen (secondary N) is 2. The first-order valence-corrected chi connectivity index (χ1v) is 10.4. The molecule has 0 aliphatic carbocycles. The normalized spacial score (nSPS) is 12.6. The van der Waals surface area contributed by atoms with Crippen molar-refractivity contribution in [3.63, 3.8) is 0 Å². The average Bonchev–Trinajstić information content (AvgIpc) is 2.85. The quantitative estimate of drug-likeness (QED) is 0.314. The molecule has 1 unspecified atom stereocenters.